The Bertz CT molecular complexity index is 767. The minimum Gasteiger partial charge on any atom is -0.379 e. The first kappa shape index (κ1) is 13.3. The summed E-state index contributed by atoms with van der Waals surface area (Å²) in [6, 6.07) is 7.69. The summed E-state index contributed by atoms with van der Waals surface area (Å²) in [5, 5.41) is 6.28. The number of halogens is 1. The maximum absolute atomic E-state index is 6.07. The van der Waals surface area contributed by atoms with Crippen LogP contribution in [0.25, 0.3) is 10.9 Å². The van der Waals surface area contributed by atoms with E-state index in [2.05, 4.69) is 22.2 Å². The van der Waals surface area contributed by atoms with Gasteiger partial charge in [-0.15, -0.1) is 11.3 Å². The summed E-state index contributed by atoms with van der Waals surface area (Å²) in [7, 11) is 0. The van der Waals surface area contributed by atoms with Crippen molar-refractivity contribution in [2.45, 2.75) is 20.4 Å². The number of anilines is 1. The van der Waals surface area contributed by atoms with Gasteiger partial charge in [-0.3, -0.25) is 4.98 Å². The van der Waals surface area contributed by atoms with E-state index in [-0.39, 0.29) is 0 Å². The molecule has 102 valence electrons. The number of nitrogens with zero attached hydrogens (tertiary/aromatic N) is 2. The summed E-state index contributed by atoms with van der Waals surface area (Å²) >= 11 is 7.80. The van der Waals surface area contributed by atoms with E-state index in [4.69, 9.17) is 11.6 Å². The van der Waals surface area contributed by atoms with Gasteiger partial charge in [-0.25, -0.2) is 4.98 Å². The largest absolute Gasteiger partial charge is 0.379 e. The zero-order valence-corrected chi connectivity index (χ0v) is 12.8. The lowest BCUT2D eigenvalue weighted by Gasteiger charge is -2.09. The Morgan fingerprint density at radius 3 is 2.85 bits per heavy atom. The number of nitrogens with one attached hydrogen (secondary N) is 1. The highest BCUT2D eigenvalue weighted by molar-refractivity contribution is 7.11. The number of aromatic nitrogens is 2. The monoisotopic (exact) mass is 303 g/mol. The molecular weight excluding hydrogens is 290 g/mol. The van der Waals surface area contributed by atoms with Crippen LogP contribution in [0.3, 0.4) is 0 Å². The molecule has 0 aliphatic rings. The molecule has 0 fully saturated rings. The molecule has 0 aliphatic carbocycles. The van der Waals surface area contributed by atoms with Gasteiger partial charge in [-0.1, -0.05) is 11.6 Å². The summed E-state index contributed by atoms with van der Waals surface area (Å²) in [5.41, 5.74) is 3.06. The first-order chi connectivity index (χ1) is 9.63. The molecule has 0 saturated carbocycles. The van der Waals surface area contributed by atoms with E-state index in [1.54, 1.807) is 17.5 Å². The Morgan fingerprint density at radius 2 is 2.10 bits per heavy atom. The Hall–Kier alpha value is -1.65. The van der Waals surface area contributed by atoms with E-state index < -0.39 is 0 Å². The molecule has 1 aromatic carbocycles. The fourth-order valence-corrected chi connectivity index (χ4v) is 3.19. The molecule has 0 spiro atoms. The topological polar surface area (TPSA) is 37.8 Å². The highest BCUT2D eigenvalue weighted by atomic mass is 35.5. The van der Waals surface area contributed by atoms with Gasteiger partial charge in [0.1, 0.15) is 0 Å². The fourth-order valence-electron chi connectivity index (χ4n) is 2.19. The van der Waals surface area contributed by atoms with Crippen molar-refractivity contribution >= 4 is 39.5 Å². The van der Waals surface area contributed by atoms with Crippen LogP contribution in [0.4, 0.5) is 5.69 Å². The van der Waals surface area contributed by atoms with Crippen molar-refractivity contribution in [3.8, 4) is 0 Å². The minimum absolute atomic E-state index is 0.710. The molecule has 0 aliphatic heterocycles. The molecule has 1 N–H and O–H groups in total. The van der Waals surface area contributed by atoms with E-state index in [1.165, 1.54) is 4.88 Å². The summed E-state index contributed by atoms with van der Waals surface area (Å²) in [4.78, 5) is 10.1. The third-order valence-corrected chi connectivity index (χ3v) is 4.31. The van der Waals surface area contributed by atoms with Crippen molar-refractivity contribution in [2.75, 3.05) is 5.32 Å². The second-order valence-electron chi connectivity index (χ2n) is 4.61. The number of benzene rings is 1. The number of thiazole rings is 1. The van der Waals surface area contributed by atoms with Gasteiger partial charge in [-0.2, -0.15) is 0 Å². The van der Waals surface area contributed by atoms with Gasteiger partial charge >= 0.3 is 0 Å². The molecule has 0 bridgehead atoms. The average molecular weight is 304 g/mol. The third kappa shape index (κ3) is 2.62. The minimum atomic E-state index is 0.710. The average Bonchev–Trinajstić information content (AvgIpc) is 2.74. The second kappa shape index (κ2) is 5.38. The van der Waals surface area contributed by atoms with Gasteiger partial charge < -0.3 is 5.32 Å². The third-order valence-electron chi connectivity index (χ3n) is 3.15. The molecule has 2 heterocycles. The lowest BCUT2D eigenvalue weighted by Crippen LogP contribution is -2.02. The predicted octanol–water partition coefficient (Wildman–Crippen LogP) is 4.57. The van der Waals surface area contributed by atoms with E-state index in [0.717, 1.165) is 27.3 Å². The van der Waals surface area contributed by atoms with E-state index in [9.17, 15) is 0 Å². The first-order valence-corrected chi connectivity index (χ1v) is 7.54. The van der Waals surface area contributed by atoms with Gasteiger partial charge in [0.15, 0.2) is 0 Å². The maximum Gasteiger partial charge on any atom is 0.0900 e. The van der Waals surface area contributed by atoms with Crippen molar-refractivity contribution in [1.29, 1.82) is 0 Å². The van der Waals surface area contributed by atoms with E-state index >= 15 is 0 Å². The van der Waals surface area contributed by atoms with Crippen LogP contribution < -0.4 is 5.32 Å². The SMILES string of the molecule is Cc1nc(CNc2ccnc3ccc(Cl)cc23)c(C)s1. The number of hydrogen-bond acceptors (Lipinski definition) is 4. The molecule has 2 aromatic heterocycles. The van der Waals surface area contributed by atoms with Gasteiger partial charge in [0.25, 0.3) is 0 Å². The van der Waals surface area contributed by atoms with Crippen molar-refractivity contribution in [1.82, 2.24) is 9.97 Å². The molecule has 5 heteroatoms. The molecule has 0 radical (unpaired) electrons. The number of fused-ring (bicyclic) bond motifs is 1. The molecule has 0 saturated heterocycles. The van der Waals surface area contributed by atoms with Crippen molar-refractivity contribution in [2.24, 2.45) is 0 Å². The maximum atomic E-state index is 6.07. The molecule has 0 atom stereocenters. The van der Waals surface area contributed by atoms with Crippen LogP contribution in [0, 0.1) is 13.8 Å². The zero-order valence-electron chi connectivity index (χ0n) is 11.3. The van der Waals surface area contributed by atoms with Crippen LogP contribution in [-0.4, -0.2) is 9.97 Å². The normalized spacial score (nSPS) is 10.9. The van der Waals surface area contributed by atoms with Gasteiger partial charge in [-0.05, 0) is 38.1 Å². The lowest BCUT2D eigenvalue weighted by atomic mass is 10.2. The van der Waals surface area contributed by atoms with E-state index in [0.29, 0.717) is 11.6 Å². The Kier molecular flexibility index (Phi) is 3.59. The van der Waals surface area contributed by atoms with Crippen molar-refractivity contribution < 1.29 is 0 Å². The first-order valence-electron chi connectivity index (χ1n) is 6.34. The Morgan fingerprint density at radius 1 is 1.25 bits per heavy atom. The molecular formula is C15H14ClN3S. The van der Waals surface area contributed by atoms with Gasteiger partial charge in [0.2, 0.25) is 0 Å². The quantitative estimate of drug-likeness (QED) is 0.770. The van der Waals surface area contributed by atoms with Gasteiger partial charge in [0, 0.05) is 27.2 Å². The van der Waals surface area contributed by atoms with Crippen molar-refractivity contribution in [3.05, 3.63) is 51.1 Å². The Labute approximate surface area is 126 Å². The van der Waals surface area contributed by atoms with Crippen LogP contribution in [0.1, 0.15) is 15.6 Å². The van der Waals surface area contributed by atoms with Crippen LogP contribution in [-0.2, 0) is 6.54 Å². The molecule has 20 heavy (non-hydrogen) atoms. The number of rotatable bonds is 3. The summed E-state index contributed by atoms with van der Waals surface area (Å²) in [6.07, 6.45) is 1.80. The summed E-state index contributed by atoms with van der Waals surface area (Å²) < 4.78 is 0. The standard InChI is InChI=1S/C15H14ClN3S/c1-9-15(19-10(2)20-9)8-18-14-5-6-17-13-4-3-11(16)7-12(13)14/h3-7H,8H2,1-2H3,(H,17,18). The smallest absolute Gasteiger partial charge is 0.0900 e. The number of hydrogen-bond donors (Lipinski definition) is 1. The van der Waals surface area contributed by atoms with Crippen LogP contribution >= 0.6 is 22.9 Å². The molecule has 3 aromatic rings. The van der Waals surface area contributed by atoms with Crippen LogP contribution in [0.15, 0.2) is 30.5 Å². The Balaban J connectivity index is 1.91. The number of aryl methyl sites for hydroxylation is 2. The highest BCUT2D eigenvalue weighted by Crippen LogP contribution is 2.26. The fraction of sp³-hybridized carbons (Fsp3) is 0.200. The molecule has 0 unspecified atom stereocenters. The zero-order chi connectivity index (χ0) is 14.1. The number of pyridine rings is 1. The van der Waals surface area contributed by atoms with Crippen LogP contribution in [0.5, 0.6) is 0 Å². The summed E-state index contributed by atoms with van der Waals surface area (Å²) in [5.74, 6) is 0. The van der Waals surface area contributed by atoms with Crippen LogP contribution in [0.2, 0.25) is 5.02 Å². The highest BCUT2D eigenvalue weighted by Gasteiger charge is 2.06. The lowest BCUT2D eigenvalue weighted by molar-refractivity contribution is 1.04. The summed E-state index contributed by atoms with van der Waals surface area (Å²) in [6.45, 7) is 4.84. The molecule has 3 rings (SSSR count). The second-order valence-corrected chi connectivity index (χ2v) is 6.45. The van der Waals surface area contributed by atoms with Crippen molar-refractivity contribution in [3.63, 3.8) is 0 Å². The predicted molar refractivity (Wildman–Crippen MR) is 85.7 cm³/mol. The van der Waals surface area contributed by atoms with E-state index in [1.807, 2.05) is 31.2 Å². The molecule has 3 nitrogen and oxygen atoms in total. The molecule has 0 amide bonds. The van der Waals surface area contributed by atoms with Gasteiger partial charge in [0.05, 0.1) is 22.8 Å².